The Labute approximate surface area is 242 Å². The van der Waals surface area contributed by atoms with Crippen LogP contribution < -0.4 is 19.5 Å². The summed E-state index contributed by atoms with van der Waals surface area (Å²) in [5.74, 6) is -1.38. The third kappa shape index (κ3) is 6.77. The van der Waals surface area contributed by atoms with E-state index in [2.05, 4.69) is 15.1 Å². The molecule has 13 heteroatoms. The highest BCUT2D eigenvalue weighted by molar-refractivity contribution is 7.89. The number of nitrogens with one attached hydrogen (secondary N) is 2. The average molecular weight is 595 g/mol. The summed E-state index contributed by atoms with van der Waals surface area (Å²) in [4.78, 5) is 24.5. The molecule has 3 N–H and O–H groups in total. The van der Waals surface area contributed by atoms with Crippen molar-refractivity contribution >= 4 is 27.6 Å². The van der Waals surface area contributed by atoms with Crippen molar-refractivity contribution in [3.05, 3.63) is 89.1 Å². The number of carboxylic acids is 1. The molecule has 0 atom stereocenters. The van der Waals surface area contributed by atoms with Gasteiger partial charge in [-0.1, -0.05) is 23.8 Å². The molecule has 12 nitrogen and oxygen atoms in total. The number of carbonyl (C=O) groups is 2. The molecule has 0 fully saturated rings. The summed E-state index contributed by atoms with van der Waals surface area (Å²) in [5, 5.41) is 16.6. The molecule has 0 bridgehead atoms. The van der Waals surface area contributed by atoms with Gasteiger partial charge in [0.15, 0.2) is 5.69 Å². The largest absolute Gasteiger partial charge is 0.497 e. The molecule has 4 aromatic rings. The minimum absolute atomic E-state index is 0.0118. The van der Waals surface area contributed by atoms with Gasteiger partial charge in [0.25, 0.3) is 5.91 Å². The lowest BCUT2D eigenvalue weighted by molar-refractivity contribution is 0.0689. The number of methoxy groups -OCH3 is 2. The summed E-state index contributed by atoms with van der Waals surface area (Å²) in [6.45, 7) is 3.51. The van der Waals surface area contributed by atoms with Gasteiger partial charge in [0.05, 0.1) is 19.4 Å². The van der Waals surface area contributed by atoms with Crippen molar-refractivity contribution in [2.45, 2.75) is 18.7 Å². The number of hydrogen-bond acceptors (Lipinski definition) is 8. The number of benzene rings is 3. The predicted octanol–water partition coefficient (Wildman–Crippen LogP) is 4.17. The summed E-state index contributed by atoms with van der Waals surface area (Å²) in [5.41, 5.74) is 1.90. The van der Waals surface area contributed by atoms with Gasteiger partial charge in [-0.25, -0.2) is 17.9 Å². The maximum Gasteiger partial charge on any atom is 0.356 e. The summed E-state index contributed by atoms with van der Waals surface area (Å²) < 4.78 is 46.8. The van der Waals surface area contributed by atoms with Gasteiger partial charge in [-0.2, -0.15) is 9.78 Å². The first-order valence-corrected chi connectivity index (χ1v) is 14.2. The number of aromatic nitrogens is 2. The Morgan fingerprint density at radius 3 is 2.40 bits per heavy atom. The normalized spacial score (nSPS) is 11.2. The van der Waals surface area contributed by atoms with Gasteiger partial charge in [-0.05, 0) is 62.4 Å². The number of carbonyl (C=O) groups excluding carboxylic acids is 1. The second kappa shape index (κ2) is 12.9. The molecule has 220 valence electrons. The molecular weight excluding hydrogens is 564 g/mol. The average Bonchev–Trinajstić information content (AvgIpc) is 3.30. The number of ether oxygens (including phenoxy) is 3. The van der Waals surface area contributed by atoms with Crippen LogP contribution in [0.5, 0.6) is 17.4 Å². The Balaban J connectivity index is 1.78. The Bertz CT molecular complexity index is 1720. The molecule has 3 aromatic carbocycles. The topological polar surface area (TPSA) is 158 Å². The number of nitrogens with zero attached hydrogens (tertiary/aromatic N) is 2. The summed E-state index contributed by atoms with van der Waals surface area (Å²) >= 11 is 0. The molecule has 0 unspecified atom stereocenters. The van der Waals surface area contributed by atoms with Crippen LogP contribution in [-0.4, -0.2) is 62.6 Å². The zero-order valence-corrected chi connectivity index (χ0v) is 24.2. The molecular formula is C29H30N4O8S. The zero-order chi connectivity index (χ0) is 30.4. The van der Waals surface area contributed by atoms with Crippen LogP contribution in [0.2, 0.25) is 0 Å². The molecule has 0 aliphatic rings. The van der Waals surface area contributed by atoms with Crippen molar-refractivity contribution < 1.29 is 37.3 Å². The van der Waals surface area contributed by atoms with E-state index in [1.54, 1.807) is 36.4 Å². The molecule has 0 saturated heterocycles. The van der Waals surface area contributed by atoms with E-state index < -0.39 is 21.9 Å². The van der Waals surface area contributed by atoms with E-state index in [4.69, 9.17) is 14.2 Å². The standard InChI is InChI=1S/C29H30N4O8S/c1-18-8-11-22(12-9-18)33-28(19(2)26(32-33)29(35)36)41-24-13-10-21(17-25(24)42(37,38)30-14-15-39-3)31-27(34)20-6-5-7-23(16-20)40-4/h5-13,16-17,30H,14-15H2,1-4H3,(H,31,34)(H,35,36). The van der Waals surface area contributed by atoms with E-state index in [1.165, 1.54) is 44.0 Å². The molecule has 1 amide bonds. The number of anilines is 1. The van der Waals surface area contributed by atoms with E-state index in [0.717, 1.165) is 5.56 Å². The van der Waals surface area contributed by atoms with Crippen LogP contribution in [0.4, 0.5) is 5.69 Å². The number of rotatable bonds is 12. The zero-order valence-electron chi connectivity index (χ0n) is 23.4. The first kappa shape index (κ1) is 30.2. The molecule has 0 aliphatic heterocycles. The lowest BCUT2D eigenvalue weighted by Crippen LogP contribution is -2.27. The number of amides is 1. The van der Waals surface area contributed by atoms with E-state index in [1.807, 2.05) is 19.1 Å². The monoisotopic (exact) mass is 594 g/mol. The van der Waals surface area contributed by atoms with E-state index in [0.29, 0.717) is 17.0 Å². The molecule has 0 aliphatic carbocycles. The smallest absolute Gasteiger partial charge is 0.356 e. The second-order valence-electron chi connectivity index (χ2n) is 9.17. The minimum Gasteiger partial charge on any atom is -0.497 e. The molecule has 0 radical (unpaired) electrons. The lowest BCUT2D eigenvalue weighted by Gasteiger charge is -2.16. The third-order valence-electron chi connectivity index (χ3n) is 6.18. The van der Waals surface area contributed by atoms with Crippen molar-refractivity contribution in [3.63, 3.8) is 0 Å². The molecule has 42 heavy (non-hydrogen) atoms. The highest BCUT2D eigenvalue weighted by atomic mass is 32.2. The first-order chi connectivity index (χ1) is 20.0. The predicted molar refractivity (Wildman–Crippen MR) is 155 cm³/mol. The van der Waals surface area contributed by atoms with Gasteiger partial charge >= 0.3 is 5.97 Å². The van der Waals surface area contributed by atoms with E-state index in [9.17, 15) is 23.1 Å². The van der Waals surface area contributed by atoms with Crippen molar-refractivity contribution in [1.29, 1.82) is 0 Å². The number of aryl methyl sites for hydroxylation is 1. The second-order valence-corrected chi connectivity index (χ2v) is 10.9. The fraction of sp³-hybridized carbons (Fsp3) is 0.207. The fourth-order valence-corrected chi connectivity index (χ4v) is 5.14. The van der Waals surface area contributed by atoms with Crippen molar-refractivity contribution in [1.82, 2.24) is 14.5 Å². The highest BCUT2D eigenvalue weighted by Gasteiger charge is 2.26. The first-order valence-electron chi connectivity index (χ1n) is 12.7. The summed E-state index contributed by atoms with van der Waals surface area (Å²) in [6, 6.07) is 17.7. The number of carboxylic acid groups (broad SMARTS) is 1. The van der Waals surface area contributed by atoms with Gasteiger partial charge < -0.3 is 24.6 Å². The van der Waals surface area contributed by atoms with Crippen LogP contribution in [0.1, 0.15) is 32.0 Å². The minimum atomic E-state index is -4.19. The molecule has 1 heterocycles. The number of aromatic carboxylic acids is 1. The van der Waals surface area contributed by atoms with Gasteiger partial charge in [0.1, 0.15) is 16.4 Å². The quantitative estimate of drug-likeness (QED) is 0.205. The third-order valence-corrected chi connectivity index (χ3v) is 7.66. The van der Waals surface area contributed by atoms with E-state index in [-0.39, 0.29) is 46.6 Å². The van der Waals surface area contributed by atoms with E-state index >= 15 is 0 Å². The highest BCUT2D eigenvalue weighted by Crippen LogP contribution is 2.35. The van der Waals surface area contributed by atoms with Crippen LogP contribution in [0.15, 0.2) is 71.6 Å². The maximum absolute atomic E-state index is 13.4. The van der Waals surface area contributed by atoms with Crippen molar-refractivity contribution in [2.24, 2.45) is 0 Å². The van der Waals surface area contributed by atoms with Gasteiger partial charge in [0.2, 0.25) is 15.9 Å². The fourth-order valence-electron chi connectivity index (χ4n) is 3.97. The Kier molecular flexibility index (Phi) is 9.25. The van der Waals surface area contributed by atoms with Crippen LogP contribution in [0, 0.1) is 13.8 Å². The van der Waals surface area contributed by atoms with Crippen LogP contribution in [-0.2, 0) is 14.8 Å². The number of hydrogen-bond donors (Lipinski definition) is 3. The van der Waals surface area contributed by atoms with Crippen molar-refractivity contribution in [2.75, 3.05) is 32.7 Å². The maximum atomic E-state index is 13.4. The molecule has 4 rings (SSSR count). The van der Waals surface area contributed by atoms with Crippen LogP contribution in [0.25, 0.3) is 5.69 Å². The van der Waals surface area contributed by atoms with Gasteiger partial charge in [-0.3, -0.25) is 4.79 Å². The Morgan fingerprint density at radius 1 is 1.00 bits per heavy atom. The summed E-state index contributed by atoms with van der Waals surface area (Å²) in [6.07, 6.45) is 0. The molecule has 1 aromatic heterocycles. The Morgan fingerprint density at radius 2 is 1.74 bits per heavy atom. The molecule has 0 spiro atoms. The van der Waals surface area contributed by atoms with Crippen LogP contribution in [0.3, 0.4) is 0 Å². The van der Waals surface area contributed by atoms with Crippen LogP contribution >= 0.6 is 0 Å². The lowest BCUT2D eigenvalue weighted by atomic mass is 10.2. The van der Waals surface area contributed by atoms with Gasteiger partial charge in [-0.15, -0.1) is 0 Å². The van der Waals surface area contributed by atoms with Gasteiger partial charge in [0, 0.05) is 30.5 Å². The SMILES string of the molecule is COCCNS(=O)(=O)c1cc(NC(=O)c2cccc(OC)c2)ccc1Oc1c(C)c(C(=O)O)nn1-c1ccc(C)cc1. The molecule has 0 saturated carbocycles. The van der Waals surface area contributed by atoms with Crippen molar-refractivity contribution in [3.8, 4) is 23.1 Å². The number of sulfonamides is 1. The summed E-state index contributed by atoms with van der Waals surface area (Å²) in [7, 11) is -1.28. The Hall–Kier alpha value is -4.72.